The summed E-state index contributed by atoms with van der Waals surface area (Å²) >= 11 is 4.46. The highest BCUT2D eigenvalue weighted by Gasteiger charge is 2.81. The second-order valence-electron chi connectivity index (χ2n) is 1.93. The Bertz CT molecular complexity index is 282. The molecular formula is C4Br2F3N3. The maximum Gasteiger partial charge on any atom is 0.352 e. The van der Waals surface area contributed by atoms with Gasteiger partial charge in [-0.1, -0.05) is 0 Å². The van der Waals surface area contributed by atoms with Gasteiger partial charge in [0.2, 0.25) is 0 Å². The van der Waals surface area contributed by atoms with Crippen molar-refractivity contribution in [3.8, 4) is 6.07 Å². The van der Waals surface area contributed by atoms with Crippen LogP contribution in [0.1, 0.15) is 0 Å². The monoisotopic (exact) mass is 305 g/mol. The maximum absolute atomic E-state index is 12.9. The molecule has 3 nitrogen and oxygen atoms in total. The Morgan fingerprint density at radius 3 is 2.33 bits per heavy atom. The topological polar surface area (TPSA) is 39.2 Å². The molecule has 66 valence electrons. The van der Waals surface area contributed by atoms with Crippen LogP contribution in [0.15, 0.2) is 5.10 Å². The molecule has 1 rings (SSSR count). The molecule has 12 heavy (non-hydrogen) atoms. The van der Waals surface area contributed by atoms with Crippen LogP contribution in [0.2, 0.25) is 0 Å². The molecule has 0 aromatic rings. The molecule has 2 atom stereocenters. The fourth-order valence-electron chi connectivity index (χ4n) is 0.592. The third-order valence-corrected chi connectivity index (χ3v) is 2.25. The van der Waals surface area contributed by atoms with Crippen LogP contribution in [0.5, 0.6) is 0 Å². The van der Waals surface area contributed by atoms with E-state index in [0.717, 1.165) is 6.07 Å². The molecule has 0 N–H and O–H groups in total. The van der Waals surface area contributed by atoms with E-state index in [9.17, 15) is 13.2 Å². The van der Waals surface area contributed by atoms with Crippen molar-refractivity contribution in [2.45, 2.75) is 10.5 Å². The van der Waals surface area contributed by atoms with Gasteiger partial charge in [0.15, 0.2) is 0 Å². The van der Waals surface area contributed by atoms with Gasteiger partial charge in [0.25, 0.3) is 4.87 Å². The molecule has 0 spiro atoms. The largest absolute Gasteiger partial charge is 0.352 e. The Kier molecular flexibility index (Phi) is 2.12. The minimum Gasteiger partial charge on any atom is -0.198 e. The molecule has 0 aromatic carbocycles. The lowest BCUT2D eigenvalue weighted by Gasteiger charge is -1.90. The highest BCUT2D eigenvalue weighted by molar-refractivity contribution is 9.18. The van der Waals surface area contributed by atoms with Crippen LogP contribution in [0, 0.1) is 11.3 Å². The SMILES string of the molecule is N#CC1(F)N(N=C(F)Br)C1(F)Br. The first-order valence-electron chi connectivity index (χ1n) is 2.54. The number of rotatable bonds is 1. The van der Waals surface area contributed by atoms with Crippen LogP contribution in [-0.4, -0.2) is 20.4 Å². The molecule has 8 heteroatoms. The Balaban J connectivity index is 2.89. The van der Waals surface area contributed by atoms with Gasteiger partial charge in [-0.3, -0.25) is 0 Å². The zero-order valence-corrected chi connectivity index (χ0v) is 8.40. The van der Waals surface area contributed by atoms with Crippen LogP contribution in [0.25, 0.3) is 0 Å². The van der Waals surface area contributed by atoms with Gasteiger partial charge in [-0.25, -0.2) is 0 Å². The van der Waals surface area contributed by atoms with E-state index in [1.54, 1.807) is 0 Å². The summed E-state index contributed by atoms with van der Waals surface area (Å²) in [5.74, 6) is -2.93. The van der Waals surface area contributed by atoms with Gasteiger partial charge in [0.05, 0.1) is 0 Å². The minimum absolute atomic E-state index is 0.0179. The van der Waals surface area contributed by atoms with Crippen molar-refractivity contribution in [2.75, 3.05) is 0 Å². The van der Waals surface area contributed by atoms with E-state index in [2.05, 4.69) is 37.0 Å². The Morgan fingerprint density at radius 2 is 2.08 bits per heavy atom. The predicted molar refractivity (Wildman–Crippen MR) is 41.5 cm³/mol. The number of hydrazone groups is 1. The highest BCUT2D eigenvalue weighted by atomic mass is 79.9. The lowest BCUT2D eigenvalue weighted by molar-refractivity contribution is 0.277. The van der Waals surface area contributed by atoms with Gasteiger partial charge in [0.1, 0.15) is 6.07 Å². The number of halogens is 5. The van der Waals surface area contributed by atoms with Crippen molar-refractivity contribution in [3.05, 3.63) is 0 Å². The van der Waals surface area contributed by atoms with Crippen LogP contribution >= 0.6 is 31.9 Å². The normalized spacial score (nSPS) is 41.0. The summed E-state index contributed by atoms with van der Waals surface area (Å²) in [6.45, 7) is 0. The molecule has 0 aliphatic carbocycles. The Labute approximate surface area is 82.1 Å². The van der Waals surface area contributed by atoms with Crippen molar-refractivity contribution in [2.24, 2.45) is 5.10 Å². The first-order chi connectivity index (χ1) is 5.36. The number of nitrogens with zero attached hydrogens (tertiary/aromatic N) is 3. The summed E-state index contributed by atoms with van der Waals surface area (Å²) in [7, 11) is 0. The van der Waals surface area contributed by atoms with Crippen molar-refractivity contribution in [1.82, 2.24) is 5.01 Å². The van der Waals surface area contributed by atoms with Crippen LogP contribution in [0.3, 0.4) is 0 Å². The average Bonchev–Trinajstić information content (AvgIpc) is 2.35. The summed E-state index contributed by atoms with van der Waals surface area (Å²) in [4.78, 5) is -1.21. The predicted octanol–water partition coefficient (Wildman–Crippen LogP) is 2.14. The average molecular weight is 307 g/mol. The molecule has 0 aromatic heterocycles. The number of hydrogen-bond acceptors (Lipinski definition) is 3. The second kappa shape index (κ2) is 2.60. The molecule has 0 amide bonds. The summed E-state index contributed by atoms with van der Waals surface area (Å²) < 4.78 is 34.9. The Hall–Kier alpha value is -0.290. The molecule has 1 aliphatic rings. The fraction of sp³-hybridized carbons (Fsp3) is 0.500. The number of nitriles is 1. The molecular weight excluding hydrogens is 307 g/mol. The van der Waals surface area contributed by atoms with Gasteiger partial charge in [0, 0.05) is 15.9 Å². The standard InChI is InChI=1S/C4Br2F3N3/c5-2(7)11-12-3(8,1-10)4(12,6)9. The second-order valence-corrected chi connectivity index (χ2v) is 3.63. The van der Waals surface area contributed by atoms with E-state index < -0.39 is 15.4 Å². The van der Waals surface area contributed by atoms with Gasteiger partial charge in [-0.2, -0.15) is 23.4 Å². The van der Waals surface area contributed by atoms with E-state index in [1.165, 1.54) is 0 Å². The van der Waals surface area contributed by atoms with Crippen LogP contribution in [0.4, 0.5) is 13.2 Å². The lowest BCUT2D eigenvalue weighted by Crippen LogP contribution is -2.06. The van der Waals surface area contributed by atoms with Gasteiger partial charge in [-0.15, -0.1) is 5.10 Å². The summed E-state index contributed by atoms with van der Waals surface area (Å²) in [6.07, 6.45) is 0. The third kappa shape index (κ3) is 1.11. The number of hydrogen-bond donors (Lipinski definition) is 0. The maximum atomic E-state index is 12.9. The quantitative estimate of drug-likeness (QED) is 0.322. The smallest absolute Gasteiger partial charge is 0.198 e. The van der Waals surface area contributed by atoms with E-state index in [1.807, 2.05) is 0 Å². The van der Waals surface area contributed by atoms with Gasteiger partial charge in [-0.05, 0) is 15.9 Å². The van der Waals surface area contributed by atoms with Crippen molar-refractivity contribution in [3.63, 3.8) is 0 Å². The summed E-state index contributed by atoms with van der Waals surface area (Å²) in [6, 6.07) is 1.00. The van der Waals surface area contributed by atoms with E-state index in [4.69, 9.17) is 5.26 Å². The molecule has 0 radical (unpaired) electrons. The minimum atomic E-state index is -2.93. The zero-order chi connectivity index (χ0) is 9.57. The highest BCUT2D eigenvalue weighted by Crippen LogP contribution is 2.58. The first kappa shape index (κ1) is 9.80. The fourth-order valence-corrected chi connectivity index (χ4v) is 1.24. The molecule has 1 aliphatic heterocycles. The molecule has 2 unspecified atom stereocenters. The molecule has 1 heterocycles. The van der Waals surface area contributed by atoms with Crippen molar-refractivity contribution >= 4 is 36.7 Å². The van der Waals surface area contributed by atoms with Gasteiger partial charge >= 0.3 is 10.5 Å². The van der Waals surface area contributed by atoms with Crippen molar-refractivity contribution in [1.29, 1.82) is 5.26 Å². The molecule has 1 fully saturated rings. The van der Waals surface area contributed by atoms with Crippen LogP contribution in [-0.2, 0) is 0 Å². The van der Waals surface area contributed by atoms with Crippen LogP contribution < -0.4 is 0 Å². The van der Waals surface area contributed by atoms with E-state index in [0.29, 0.717) is 0 Å². The van der Waals surface area contributed by atoms with Gasteiger partial charge < -0.3 is 0 Å². The van der Waals surface area contributed by atoms with E-state index in [-0.39, 0.29) is 5.01 Å². The Morgan fingerprint density at radius 1 is 1.58 bits per heavy atom. The zero-order valence-electron chi connectivity index (χ0n) is 5.23. The van der Waals surface area contributed by atoms with E-state index >= 15 is 0 Å². The van der Waals surface area contributed by atoms with Crippen molar-refractivity contribution < 1.29 is 13.2 Å². The molecule has 0 bridgehead atoms. The summed E-state index contributed by atoms with van der Waals surface area (Å²) in [5, 5.41) is 10.9. The third-order valence-electron chi connectivity index (χ3n) is 1.23. The molecule has 1 saturated heterocycles. The number of alkyl halides is 3. The lowest BCUT2D eigenvalue weighted by atomic mass is 10.5. The molecule has 0 saturated carbocycles. The summed E-state index contributed by atoms with van der Waals surface area (Å²) in [5.41, 5.74) is 0. The first-order valence-corrected chi connectivity index (χ1v) is 4.13.